The summed E-state index contributed by atoms with van der Waals surface area (Å²) in [7, 11) is 0. The van der Waals surface area contributed by atoms with Crippen LogP contribution in [0.1, 0.15) is 33.0 Å². The van der Waals surface area contributed by atoms with Crippen LogP contribution < -0.4 is 4.74 Å². The Bertz CT molecular complexity index is 1000. The molecule has 1 fully saturated rings. The lowest BCUT2D eigenvalue weighted by Crippen LogP contribution is -2.48. The Kier molecular flexibility index (Phi) is 6.19. The Morgan fingerprint density at radius 2 is 1.60 bits per heavy atom. The normalized spacial score (nSPS) is 14.7. The SMILES string of the molecule is Cc1ccccc1CN1CCN(C(=O)c2ccc(COc3ccccc3C)o2)CC1. The van der Waals surface area contributed by atoms with Crippen LogP contribution in [0.3, 0.4) is 0 Å². The van der Waals surface area contributed by atoms with E-state index in [2.05, 4.69) is 36.1 Å². The molecule has 5 heteroatoms. The lowest BCUT2D eigenvalue weighted by molar-refractivity contribution is 0.0594. The first-order valence-electron chi connectivity index (χ1n) is 10.4. The van der Waals surface area contributed by atoms with E-state index in [1.54, 1.807) is 6.07 Å². The van der Waals surface area contributed by atoms with Gasteiger partial charge >= 0.3 is 0 Å². The minimum Gasteiger partial charge on any atom is -0.485 e. The summed E-state index contributed by atoms with van der Waals surface area (Å²) in [5.74, 6) is 1.81. The molecule has 0 unspecified atom stereocenters. The standard InChI is InChI=1S/C25H28N2O3/c1-19-7-3-5-9-21(19)17-26-13-15-27(16-14-26)25(28)24-12-11-22(30-24)18-29-23-10-6-4-8-20(23)2/h3-12H,13-18H2,1-2H3. The highest BCUT2D eigenvalue weighted by Crippen LogP contribution is 2.20. The van der Waals surface area contributed by atoms with Gasteiger partial charge in [0.1, 0.15) is 18.1 Å². The third-order valence-electron chi connectivity index (χ3n) is 5.65. The van der Waals surface area contributed by atoms with Gasteiger partial charge in [0, 0.05) is 32.7 Å². The molecule has 4 rings (SSSR count). The smallest absolute Gasteiger partial charge is 0.289 e. The molecule has 0 aliphatic carbocycles. The monoisotopic (exact) mass is 404 g/mol. The van der Waals surface area contributed by atoms with Gasteiger partial charge in [0.25, 0.3) is 5.91 Å². The van der Waals surface area contributed by atoms with Crippen molar-refractivity contribution in [1.82, 2.24) is 9.80 Å². The quantitative estimate of drug-likeness (QED) is 0.610. The Balaban J connectivity index is 1.29. The second kappa shape index (κ2) is 9.18. The van der Waals surface area contributed by atoms with E-state index >= 15 is 0 Å². The van der Waals surface area contributed by atoms with Gasteiger partial charge in [-0.05, 0) is 48.7 Å². The molecule has 0 bridgehead atoms. The molecule has 0 atom stereocenters. The molecule has 1 aliphatic rings. The van der Waals surface area contributed by atoms with Gasteiger partial charge in [0.05, 0.1) is 0 Å². The number of ether oxygens (including phenoxy) is 1. The second-order valence-corrected chi connectivity index (χ2v) is 7.81. The number of hydrogen-bond donors (Lipinski definition) is 0. The van der Waals surface area contributed by atoms with Gasteiger partial charge < -0.3 is 14.1 Å². The van der Waals surface area contributed by atoms with Gasteiger partial charge in [0.2, 0.25) is 0 Å². The number of carbonyl (C=O) groups excluding carboxylic acids is 1. The van der Waals surface area contributed by atoms with E-state index in [1.807, 2.05) is 42.2 Å². The molecule has 1 aliphatic heterocycles. The van der Waals surface area contributed by atoms with Crippen molar-refractivity contribution in [3.8, 4) is 5.75 Å². The first-order chi connectivity index (χ1) is 14.6. The minimum atomic E-state index is -0.0484. The number of benzene rings is 2. The van der Waals surface area contributed by atoms with Gasteiger partial charge in [-0.25, -0.2) is 0 Å². The first-order valence-corrected chi connectivity index (χ1v) is 10.4. The minimum absolute atomic E-state index is 0.0484. The molecule has 1 aromatic heterocycles. The van der Waals surface area contributed by atoms with Crippen LogP contribution >= 0.6 is 0 Å². The fourth-order valence-corrected chi connectivity index (χ4v) is 3.73. The highest BCUT2D eigenvalue weighted by atomic mass is 16.5. The van der Waals surface area contributed by atoms with Crippen molar-refractivity contribution >= 4 is 5.91 Å². The summed E-state index contributed by atoms with van der Waals surface area (Å²) in [5, 5.41) is 0. The van der Waals surface area contributed by atoms with Crippen molar-refractivity contribution in [1.29, 1.82) is 0 Å². The topological polar surface area (TPSA) is 45.9 Å². The van der Waals surface area contributed by atoms with Crippen LogP contribution in [0.5, 0.6) is 5.75 Å². The van der Waals surface area contributed by atoms with Crippen molar-refractivity contribution in [2.75, 3.05) is 26.2 Å². The van der Waals surface area contributed by atoms with Gasteiger partial charge in [-0.2, -0.15) is 0 Å². The maximum Gasteiger partial charge on any atom is 0.289 e. The molecule has 0 N–H and O–H groups in total. The molecule has 1 saturated heterocycles. The Morgan fingerprint density at radius 1 is 0.900 bits per heavy atom. The average Bonchev–Trinajstić information content (AvgIpc) is 3.24. The first kappa shape index (κ1) is 20.2. The molecule has 0 radical (unpaired) electrons. The Labute approximate surface area is 177 Å². The summed E-state index contributed by atoms with van der Waals surface area (Å²) in [4.78, 5) is 17.1. The number of para-hydroxylation sites is 1. The molecule has 2 heterocycles. The molecular weight excluding hydrogens is 376 g/mol. The molecule has 5 nitrogen and oxygen atoms in total. The number of amides is 1. The zero-order valence-electron chi connectivity index (χ0n) is 17.6. The number of piperazine rings is 1. The van der Waals surface area contributed by atoms with Crippen LogP contribution in [0.2, 0.25) is 0 Å². The van der Waals surface area contributed by atoms with Crippen LogP contribution in [0, 0.1) is 13.8 Å². The second-order valence-electron chi connectivity index (χ2n) is 7.81. The van der Waals surface area contributed by atoms with Crippen LogP contribution in [0.4, 0.5) is 0 Å². The number of nitrogens with zero attached hydrogens (tertiary/aromatic N) is 2. The molecule has 30 heavy (non-hydrogen) atoms. The summed E-state index contributed by atoms with van der Waals surface area (Å²) >= 11 is 0. The van der Waals surface area contributed by atoms with E-state index in [4.69, 9.17) is 9.15 Å². The number of hydrogen-bond acceptors (Lipinski definition) is 4. The van der Waals surface area contributed by atoms with Gasteiger partial charge in [-0.3, -0.25) is 9.69 Å². The Morgan fingerprint density at radius 3 is 2.33 bits per heavy atom. The maximum absolute atomic E-state index is 12.8. The van der Waals surface area contributed by atoms with E-state index in [9.17, 15) is 4.79 Å². The highest BCUT2D eigenvalue weighted by Gasteiger charge is 2.24. The lowest BCUT2D eigenvalue weighted by atomic mass is 10.1. The third-order valence-corrected chi connectivity index (χ3v) is 5.65. The van der Waals surface area contributed by atoms with E-state index in [0.29, 0.717) is 31.2 Å². The van der Waals surface area contributed by atoms with Crippen LogP contribution in [0.25, 0.3) is 0 Å². The predicted octanol–water partition coefficient (Wildman–Crippen LogP) is 4.43. The van der Waals surface area contributed by atoms with E-state index in [0.717, 1.165) is 30.9 Å². The molecule has 156 valence electrons. The van der Waals surface area contributed by atoms with Gasteiger partial charge in [-0.1, -0.05) is 42.5 Å². The summed E-state index contributed by atoms with van der Waals surface area (Å²) in [5.41, 5.74) is 3.73. The fourth-order valence-electron chi connectivity index (χ4n) is 3.73. The molecule has 0 spiro atoms. The summed E-state index contributed by atoms with van der Waals surface area (Å²) in [6, 6.07) is 19.9. The van der Waals surface area contributed by atoms with Crippen LogP contribution in [0.15, 0.2) is 65.1 Å². The van der Waals surface area contributed by atoms with Crippen molar-refractivity contribution < 1.29 is 13.9 Å². The average molecular weight is 405 g/mol. The summed E-state index contributed by atoms with van der Waals surface area (Å²) in [6.07, 6.45) is 0. The molecular formula is C25H28N2O3. The number of furan rings is 1. The molecule has 3 aromatic rings. The van der Waals surface area contributed by atoms with Crippen molar-refractivity contribution in [3.63, 3.8) is 0 Å². The fraction of sp³-hybridized carbons (Fsp3) is 0.320. The zero-order chi connectivity index (χ0) is 20.9. The van der Waals surface area contributed by atoms with Crippen LogP contribution in [-0.2, 0) is 13.2 Å². The Hall–Kier alpha value is -3.05. The summed E-state index contributed by atoms with van der Waals surface area (Å²) < 4.78 is 11.6. The molecule has 1 amide bonds. The lowest BCUT2D eigenvalue weighted by Gasteiger charge is -2.34. The van der Waals surface area contributed by atoms with Gasteiger partial charge in [-0.15, -0.1) is 0 Å². The third kappa shape index (κ3) is 4.74. The molecule has 2 aromatic carbocycles. The van der Waals surface area contributed by atoms with Crippen molar-refractivity contribution in [2.24, 2.45) is 0 Å². The number of carbonyl (C=O) groups is 1. The van der Waals surface area contributed by atoms with Crippen molar-refractivity contribution in [2.45, 2.75) is 27.0 Å². The largest absolute Gasteiger partial charge is 0.485 e. The highest BCUT2D eigenvalue weighted by molar-refractivity contribution is 5.91. The zero-order valence-corrected chi connectivity index (χ0v) is 17.6. The summed E-state index contributed by atoms with van der Waals surface area (Å²) in [6.45, 7) is 8.53. The van der Waals surface area contributed by atoms with Crippen LogP contribution in [-0.4, -0.2) is 41.9 Å². The number of aryl methyl sites for hydroxylation is 2. The van der Waals surface area contributed by atoms with Crippen molar-refractivity contribution in [3.05, 3.63) is 88.9 Å². The maximum atomic E-state index is 12.8. The van der Waals surface area contributed by atoms with E-state index < -0.39 is 0 Å². The van der Waals surface area contributed by atoms with Gasteiger partial charge in [0.15, 0.2) is 5.76 Å². The van der Waals surface area contributed by atoms with E-state index in [1.165, 1.54) is 11.1 Å². The van der Waals surface area contributed by atoms with E-state index in [-0.39, 0.29) is 5.91 Å². The predicted molar refractivity (Wildman–Crippen MR) is 117 cm³/mol. The number of rotatable bonds is 6. The molecule has 0 saturated carbocycles.